The molecule has 0 atom stereocenters. The van der Waals surface area contributed by atoms with Gasteiger partial charge in [-0.1, -0.05) is 18.2 Å². The predicted molar refractivity (Wildman–Crippen MR) is 106 cm³/mol. The number of likely N-dealkylation sites (tertiary alicyclic amines) is 1. The molecule has 1 aliphatic rings. The molecule has 2 aromatic heterocycles. The van der Waals surface area contributed by atoms with Gasteiger partial charge in [0.15, 0.2) is 5.58 Å². The van der Waals surface area contributed by atoms with Gasteiger partial charge in [0.2, 0.25) is 0 Å². The van der Waals surface area contributed by atoms with Gasteiger partial charge in [-0.15, -0.1) is 0 Å². The number of piperidine rings is 1. The first-order valence-electron chi connectivity index (χ1n) is 9.45. The number of fused-ring (bicyclic) bond motifs is 2. The number of hydrogen-bond donors (Lipinski definition) is 0. The summed E-state index contributed by atoms with van der Waals surface area (Å²) in [6.07, 6.45) is 3.20. The van der Waals surface area contributed by atoms with Gasteiger partial charge in [0, 0.05) is 36.3 Å². The number of pyridine rings is 1. The van der Waals surface area contributed by atoms with Gasteiger partial charge in [0.05, 0.1) is 11.0 Å². The number of hydrogen-bond acceptors (Lipinski definition) is 4. The summed E-state index contributed by atoms with van der Waals surface area (Å²) in [7, 11) is 0. The normalized spacial score (nSPS) is 15.4. The zero-order valence-corrected chi connectivity index (χ0v) is 15.2. The second-order valence-corrected chi connectivity index (χ2v) is 7.14. The quantitative estimate of drug-likeness (QED) is 0.538. The Morgan fingerprint density at radius 1 is 1.04 bits per heavy atom. The van der Waals surface area contributed by atoms with Crippen LogP contribution in [-0.2, 0) is 0 Å². The molecule has 1 saturated heterocycles. The van der Waals surface area contributed by atoms with Crippen LogP contribution in [0.2, 0.25) is 0 Å². The van der Waals surface area contributed by atoms with Crippen LogP contribution in [0.5, 0.6) is 0 Å². The summed E-state index contributed by atoms with van der Waals surface area (Å²) in [6.45, 7) is 1.22. The Balaban J connectivity index is 1.35. The smallest absolute Gasteiger partial charge is 0.408 e. The third-order valence-corrected chi connectivity index (χ3v) is 5.49. The molecule has 28 heavy (non-hydrogen) atoms. The van der Waals surface area contributed by atoms with Crippen molar-refractivity contribution in [1.29, 1.82) is 0 Å². The minimum atomic E-state index is -0.326. The molecular formula is C22H19N3O3. The SMILES string of the molecule is O=C(c1ccc2ncccc2c1)N1CCC(n2c(=O)oc3ccccc32)CC1. The number of para-hydroxylation sites is 2. The summed E-state index contributed by atoms with van der Waals surface area (Å²) in [5, 5.41) is 0.958. The van der Waals surface area contributed by atoms with E-state index >= 15 is 0 Å². The monoisotopic (exact) mass is 373 g/mol. The zero-order valence-electron chi connectivity index (χ0n) is 15.2. The number of amides is 1. The highest BCUT2D eigenvalue weighted by molar-refractivity contribution is 5.98. The van der Waals surface area contributed by atoms with Crippen LogP contribution in [0.3, 0.4) is 0 Å². The molecule has 1 fully saturated rings. The van der Waals surface area contributed by atoms with E-state index in [1.807, 2.05) is 53.4 Å². The van der Waals surface area contributed by atoms with Gasteiger partial charge < -0.3 is 9.32 Å². The number of carbonyl (C=O) groups excluding carboxylic acids is 1. The summed E-state index contributed by atoms with van der Waals surface area (Å²) in [5.74, 6) is -0.304. The van der Waals surface area contributed by atoms with Crippen molar-refractivity contribution in [3.63, 3.8) is 0 Å². The van der Waals surface area contributed by atoms with Crippen molar-refractivity contribution in [2.24, 2.45) is 0 Å². The van der Waals surface area contributed by atoms with Crippen molar-refractivity contribution in [3.8, 4) is 0 Å². The number of nitrogens with zero attached hydrogens (tertiary/aromatic N) is 3. The van der Waals surface area contributed by atoms with E-state index in [-0.39, 0.29) is 17.7 Å². The van der Waals surface area contributed by atoms with Crippen molar-refractivity contribution in [2.75, 3.05) is 13.1 Å². The maximum Gasteiger partial charge on any atom is 0.420 e. The zero-order chi connectivity index (χ0) is 19.1. The molecule has 3 heterocycles. The van der Waals surface area contributed by atoms with Crippen molar-refractivity contribution < 1.29 is 9.21 Å². The lowest BCUT2D eigenvalue weighted by Crippen LogP contribution is -2.40. The number of carbonyl (C=O) groups is 1. The lowest BCUT2D eigenvalue weighted by atomic mass is 10.0. The predicted octanol–water partition coefficient (Wildman–Crippen LogP) is 3.62. The molecule has 1 amide bonds. The average Bonchev–Trinajstić information content (AvgIpc) is 3.08. The van der Waals surface area contributed by atoms with E-state index in [1.165, 1.54) is 0 Å². The molecule has 0 bridgehead atoms. The first kappa shape index (κ1) is 16.7. The fraction of sp³-hybridized carbons (Fsp3) is 0.227. The summed E-state index contributed by atoms with van der Waals surface area (Å²) in [5.41, 5.74) is 2.98. The molecule has 6 nitrogen and oxygen atoms in total. The first-order chi connectivity index (χ1) is 13.7. The summed E-state index contributed by atoms with van der Waals surface area (Å²) >= 11 is 0. The van der Waals surface area contributed by atoms with Crippen LogP contribution in [0.15, 0.2) is 70.0 Å². The van der Waals surface area contributed by atoms with Gasteiger partial charge in [0.1, 0.15) is 0 Å². The Labute approximate surface area is 161 Å². The van der Waals surface area contributed by atoms with E-state index < -0.39 is 0 Å². The van der Waals surface area contributed by atoms with Gasteiger partial charge in [-0.05, 0) is 49.2 Å². The summed E-state index contributed by atoms with van der Waals surface area (Å²) < 4.78 is 7.09. The Kier molecular flexibility index (Phi) is 3.97. The molecule has 4 aromatic rings. The lowest BCUT2D eigenvalue weighted by Gasteiger charge is -2.32. The highest BCUT2D eigenvalue weighted by atomic mass is 16.4. The lowest BCUT2D eigenvalue weighted by molar-refractivity contribution is 0.0694. The van der Waals surface area contributed by atoms with Crippen molar-refractivity contribution in [3.05, 3.63) is 76.9 Å². The standard InChI is InChI=1S/C22H19N3O3/c26-21(16-7-8-18-15(14-16)4-3-11-23-18)24-12-9-17(10-13-24)25-19-5-1-2-6-20(19)28-22(25)27/h1-8,11,14,17H,9-10,12-13H2. The molecule has 1 aliphatic heterocycles. The first-order valence-corrected chi connectivity index (χ1v) is 9.45. The molecule has 6 heteroatoms. The van der Waals surface area contributed by atoms with E-state index in [1.54, 1.807) is 16.8 Å². The van der Waals surface area contributed by atoms with Crippen LogP contribution in [-0.4, -0.2) is 33.4 Å². The minimum Gasteiger partial charge on any atom is -0.408 e. The Hall–Kier alpha value is -3.41. The largest absolute Gasteiger partial charge is 0.420 e. The molecule has 0 aliphatic carbocycles. The third kappa shape index (κ3) is 2.78. The van der Waals surface area contributed by atoms with Gasteiger partial charge in [-0.2, -0.15) is 0 Å². The molecule has 2 aromatic carbocycles. The van der Waals surface area contributed by atoms with Crippen molar-refractivity contribution in [2.45, 2.75) is 18.9 Å². The summed E-state index contributed by atoms with van der Waals surface area (Å²) in [4.78, 5) is 31.4. The second-order valence-electron chi connectivity index (χ2n) is 7.14. The van der Waals surface area contributed by atoms with Crippen molar-refractivity contribution in [1.82, 2.24) is 14.5 Å². The molecule has 0 spiro atoms. The van der Waals surface area contributed by atoms with Gasteiger partial charge in [-0.25, -0.2) is 4.79 Å². The number of oxazole rings is 1. The third-order valence-electron chi connectivity index (χ3n) is 5.49. The molecule has 0 unspecified atom stereocenters. The number of rotatable bonds is 2. The van der Waals surface area contributed by atoms with Gasteiger partial charge in [-0.3, -0.25) is 14.3 Å². The van der Waals surface area contributed by atoms with Crippen molar-refractivity contribution >= 4 is 27.9 Å². The topological polar surface area (TPSA) is 68.3 Å². The highest BCUT2D eigenvalue weighted by Crippen LogP contribution is 2.26. The van der Waals surface area contributed by atoms with E-state index in [4.69, 9.17) is 4.42 Å². The molecule has 5 rings (SSSR count). The van der Waals surface area contributed by atoms with Gasteiger partial charge in [0.25, 0.3) is 5.91 Å². The maximum atomic E-state index is 12.9. The van der Waals surface area contributed by atoms with Crippen LogP contribution in [0, 0.1) is 0 Å². The van der Waals surface area contributed by atoms with Crippen LogP contribution >= 0.6 is 0 Å². The van der Waals surface area contributed by atoms with E-state index in [0.717, 1.165) is 29.3 Å². The molecule has 0 radical (unpaired) electrons. The summed E-state index contributed by atoms with van der Waals surface area (Å²) in [6, 6.07) is 16.9. The fourth-order valence-electron chi connectivity index (χ4n) is 4.05. The van der Waals surface area contributed by atoms with E-state index in [9.17, 15) is 9.59 Å². The molecule has 140 valence electrons. The Morgan fingerprint density at radius 2 is 1.86 bits per heavy atom. The molecule has 0 saturated carbocycles. The number of aromatic nitrogens is 2. The van der Waals surface area contributed by atoms with Crippen LogP contribution < -0.4 is 5.76 Å². The van der Waals surface area contributed by atoms with E-state index in [2.05, 4.69) is 4.98 Å². The maximum absolute atomic E-state index is 12.9. The van der Waals surface area contributed by atoms with Crippen LogP contribution in [0.25, 0.3) is 22.0 Å². The van der Waals surface area contributed by atoms with Gasteiger partial charge >= 0.3 is 5.76 Å². The van der Waals surface area contributed by atoms with Crippen LogP contribution in [0.1, 0.15) is 29.2 Å². The molecule has 0 N–H and O–H groups in total. The second kappa shape index (κ2) is 6.64. The molecular weight excluding hydrogens is 354 g/mol. The minimum absolute atomic E-state index is 0.0219. The fourth-order valence-corrected chi connectivity index (χ4v) is 4.05. The van der Waals surface area contributed by atoms with E-state index in [0.29, 0.717) is 24.2 Å². The Bertz CT molecular complexity index is 1230. The van der Waals surface area contributed by atoms with Crippen LogP contribution in [0.4, 0.5) is 0 Å². The number of benzene rings is 2. The average molecular weight is 373 g/mol. The Morgan fingerprint density at radius 3 is 2.71 bits per heavy atom. The highest BCUT2D eigenvalue weighted by Gasteiger charge is 2.27.